The first-order valence-corrected chi connectivity index (χ1v) is 9.33. The Morgan fingerprint density at radius 3 is 2.19 bits per heavy atom. The standard InChI is InChI=1S/C17H15NO7S/c1-26(22,23)25-7-6-24-12-8-11(19)13-14(15(12)18)17(21)10-5-3-2-4-9(10)16(13)20/h2-5,8,19H,6-7,18H2,1H3. The van der Waals surface area contributed by atoms with E-state index in [0.29, 0.717) is 0 Å². The molecule has 0 spiro atoms. The molecule has 1 aliphatic rings. The highest BCUT2D eigenvalue weighted by Gasteiger charge is 2.35. The van der Waals surface area contributed by atoms with Crippen LogP contribution in [0.15, 0.2) is 30.3 Å². The number of phenols is 1. The smallest absolute Gasteiger partial charge is 0.264 e. The van der Waals surface area contributed by atoms with Gasteiger partial charge in [0.25, 0.3) is 10.1 Å². The van der Waals surface area contributed by atoms with Crippen LogP contribution in [0.5, 0.6) is 11.5 Å². The van der Waals surface area contributed by atoms with Crippen LogP contribution < -0.4 is 10.5 Å². The molecule has 2 aromatic carbocycles. The molecule has 26 heavy (non-hydrogen) atoms. The summed E-state index contributed by atoms with van der Waals surface area (Å²) in [6.07, 6.45) is 0.897. The molecule has 0 saturated carbocycles. The van der Waals surface area contributed by atoms with E-state index in [4.69, 9.17) is 10.5 Å². The van der Waals surface area contributed by atoms with Crippen molar-refractivity contribution in [3.05, 3.63) is 52.6 Å². The van der Waals surface area contributed by atoms with E-state index in [2.05, 4.69) is 4.18 Å². The van der Waals surface area contributed by atoms with Gasteiger partial charge in [0.2, 0.25) is 0 Å². The normalized spacial score (nSPS) is 13.3. The number of hydrogen-bond donors (Lipinski definition) is 2. The summed E-state index contributed by atoms with van der Waals surface area (Å²) in [6.45, 7) is -0.458. The Hall–Kier alpha value is -2.91. The van der Waals surface area contributed by atoms with Crippen molar-refractivity contribution in [1.82, 2.24) is 0 Å². The Morgan fingerprint density at radius 1 is 1.04 bits per heavy atom. The number of phenolic OH excluding ortho intramolecular Hbond substituents is 1. The molecule has 0 saturated heterocycles. The number of ether oxygens (including phenoxy) is 1. The van der Waals surface area contributed by atoms with Crippen molar-refractivity contribution < 1.29 is 32.0 Å². The molecule has 8 nitrogen and oxygen atoms in total. The number of carbonyl (C=O) groups is 2. The van der Waals surface area contributed by atoms with Gasteiger partial charge in [0.1, 0.15) is 24.7 Å². The van der Waals surface area contributed by atoms with Crippen LogP contribution in [0.3, 0.4) is 0 Å². The molecule has 0 atom stereocenters. The van der Waals surface area contributed by atoms with Crippen LogP contribution in [0.4, 0.5) is 5.69 Å². The lowest BCUT2D eigenvalue weighted by atomic mass is 9.82. The van der Waals surface area contributed by atoms with Crippen LogP contribution in [-0.2, 0) is 14.3 Å². The van der Waals surface area contributed by atoms with Gasteiger partial charge in [-0.1, -0.05) is 24.3 Å². The number of hydrogen-bond acceptors (Lipinski definition) is 8. The van der Waals surface area contributed by atoms with E-state index in [9.17, 15) is 23.1 Å². The number of carbonyl (C=O) groups excluding carboxylic acids is 2. The summed E-state index contributed by atoms with van der Waals surface area (Å²) in [6, 6.07) is 7.36. The molecule has 3 rings (SSSR count). The number of ketones is 2. The number of fused-ring (bicyclic) bond motifs is 2. The zero-order chi connectivity index (χ0) is 19.1. The van der Waals surface area contributed by atoms with Gasteiger partial charge in [-0.25, -0.2) is 0 Å². The molecule has 0 aromatic heterocycles. The summed E-state index contributed by atoms with van der Waals surface area (Å²) < 4.78 is 31.7. The second kappa shape index (κ2) is 6.43. The van der Waals surface area contributed by atoms with Crippen LogP contribution in [0.25, 0.3) is 0 Å². The molecule has 0 amide bonds. The largest absolute Gasteiger partial charge is 0.507 e. The zero-order valence-electron chi connectivity index (χ0n) is 13.7. The maximum absolute atomic E-state index is 12.7. The second-order valence-electron chi connectivity index (χ2n) is 5.64. The average molecular weight is 377 g/mol. The summed E-state index contributed by atoms with van der Waals surface area (Å²) in [5.74, 6) is -1.49. The first-order valence-electron chi connectivity index (χ1n) is 7.51. The van der Waals surface area contributed by atoms with Crippen LogP contribution in [0, 0.1) is 0 Å². The number of rotatable bonds is 5. The third-order valence-electron chi connectivity index (χ3n) is 3.82. The van der Waals surface area contributed by atoms with Gasteiger partial charge in [-0.05, 0) is 0 Å². The molecule has 0 fully saturated rings. The fourth-order valence-electron chi connectivity index (χ4n) is 2.73. The summed E-state index contributed by atoms with van der Waals surface area (Å²) >= 11 is 0. The lowest BCUT2D eigenvalue weighted by Gasteiger charge is -2.21. The van der Waals surface area contributed by atoms with Gasteiger partial charge in [0, 0.05) is 17.2 Å². The highest BCUT2D eigenvalue weighted by Crippen LogP contribution is 2.41. The number of nitrogen functional groups attached to an aromatic ring is 1. The second-order valence-corrected chi connectivity index (χ2v) is 7.28. The Morgan fingerprint density at radius 2 is 1.62 bits per heavy atom. The topological polar surface area (TPSA) is 133 Å². The van der Waals surface area contributed by atoms with E-state index in [0.717, 1.165) is 12.3 Å². The number of benzene rings is 2. The number of anilines is 1. The molecule has 0 bridgehead atoms. The van der Waals surface area contributed by atoms with E-state index in [-0.39, 0.29) is 46.9 Å². The molecule has 0 heterocycles. The van der Waals surface area contributed by atoms with Crippen molar-refractivity contribution >= 4 is 27.4 Å². The SMILES string of the molecule is CS(=O)(=O)OCCOc1cc(O)c2c(c1N)C(=O)c1ccccc1C2=O. The Labute approximate surface area is 149 Å². The van der Waals surface area contributed by atoms with E-state index in [1.165, 1.54) is 12.1 Å². The molecule has 0 aliphatic heterocycles. The van der Waals surface area contributed by atoms with Crippen molar-refractivity contribution in [2.24, 2.45) is 0 Å². The molecular weight excluding hydrogens is 362 g/mol. The fourth-order valence-corrected chi connectivity index (χ4v) is 3.10. The highest BCUT2D eigenvalue weighted by atomic mass is 32.2. The summed E-state index contributed by atoms with van der Waals surface area (Å²) in [5.41, 5.74) is 5.95. The van der Waals surface area contributed by atoms with E-state index < -0.39 is 27.4 Å². The van der Waals surface area contributed by atoms with Gasteiger partial charge in [0.05, 0.1) is 23.1 Å². The minimum absolute atomic E-state index is 0.0427. The third-order valence-corrected chi connectivity index (χ3v) is 4.41. The summed E-state index contributed by atoms with van der Waals surface area (Å²) in [7, 11) is -3.62. The molecule has 9 heteroatoms. The Balaban J connectivity index is 1.97. The fraction of sp³-hybridized carbons (Fsp3) is 0.176. The molecular formula is C17H15NO7S. The predicted molar refractivity (Wildman–Crippen MR) is 92.1 cm³/mol. The first-order chi connectivity index (χ1) is 12.2. The van der Waals surface area contributed by atoms with Crippen molar-refractivity contribution in [3.8, 4) is 11.5 Å². The summed E-state index contributed by atoms with van der Waals surface area (Å²) in [5, 5.41) is 10.2. The monoisotopic (exact) mass is 377 g/mol. The predicted octanol–water partition coefficient (Wildman–Crippen LogP) is 1.10. The summed E-state index contributed by atoms with van der Waals surface area (Å²) in [4.78, 5) is 25.4. The molecule has 0 unspecified atom stereocenters. The maximum Gasteiger partial charge on any atom is 0.264 e. The molecule has 1 aliphatic carbocycles. The molecule has 2 aromatic rings. The molecule has 0 radical (unpaired) electrons. The Bertz CT molecular complexity index is 1030. The van der Waals surface area contributed by atoms with Crippen LogP contribution in [-0.4, -0.2) is 44.6 Å². The van der Waals surface area contributed by atoms with Crippen molar-refractivity contribution in [3.63, 3.8) is 0 Å². The quantitative estimate of drug-likeness (QED) is 0.292. The molecule has 3 N–H and O–H groups in total. The average Bonchev–Trinajstić information content (AvgIpc) is 2.58. The lowest BCUT2D eigenvalue weighted by molar-refractivity contribution is 0.0977. The minimum atomic E-state index is -3.62. The number of aromatic hydroxyl groups is 1. The van der Waals surface area contributed by atoms with Crippen molar-refractivity contribution in [2.45, 2.75) is 0 Å². The van der Waals surface area contributed by atoms with E-state index >= 15 is 0 Å². The van der Waals surface area contributed by atoms with Gasteiger partial charge in [-0.3, -0.25) is 13.8 Å². The van der Waals surface area contributed by atoms with Crippen LogP contribution >= 0.6 is 0 Å². The highest BCUT2D eigenvalue weighted by molar-refractivity contribution is 7.85. The van der Waals surface area contributed by atoms with Gasteiger partial charge in [-0.2, -0.15) is 8.42 Å². The first kappa shape index (κ1) is 17.9. The lowest BCUT2D eigenvalue weighted by Crippen LogP contribution is -2.23. The van der Waals surface area contributed by atoms with E-state index in [1.807, 2.05) is 0 Å². The van der Waals surface area contributed by atoms with Crippen molar-refractivity contribution in [2.75, 3.05) is 25.2 Å². The van der Waals surface area contributed by atoms with Gasteiger partial charge >= 0.3 is 0 Å². The minimum Gasteiger partial charge on any atom is -0.507 e. The zero-order valence-corrected chi connectivity index (χ0v) is 14.5. The third kappa shape index (κ3) is 3.14. The maximum atomic E-state index is 12.7. The van der Waals surface area contributed by atoms with Gasteiger partial charge in [-0.15, -0.1) is 0 Å². The Kier molecular flexibility index (Phi) is 4.43. The van der Waals surface area contributed by atoms with Crippen LogP contribution in [0.1, 0.15) is 31.8 Å². The van der Waals surface area contributed by atoms with Crippen LogP contribution in [0.2, 0.25) is 0 Å². The van der Waals surface area contributed by atoms with E-state index in [1.54, 1.807) is 12.1 Å². The van der Waals surface area contributed by atoms with Gasteiger partial charge in [0.15, 0.2) is 11.6 Å². The van der Waals surface area contributed by atoms with Crippen molar-refractivity contribution in [1.29, 1.82) is 0 Å². The molecule has 136 valence electrons. The van der Waals surface area contributed by atoms with Gasteiger partial charge < -0.3 is 15.6 Å². The number of nitrogens with two attached hydrogens (primary N) is 1.